The molecule has 0 saturated heterocycles. The van der Waals surface area contributed by atoms with Gasteiger partial charge >= 0.3 is 0 Å². The Balaban J connectivity index is 1.88. The van der Waals surface area contributed by atoms with Crippen LogP contribution < -0.4 is 16.2 Å². The third-order valence-electron chi connectivity index (χ3n) is 5.10. The van der Waals surface area contributed by atoms with Crippen LogP contribution in [0, 0.1) is 5.41 Å². The Morgan fingerprint density at radius 3 is 2.58 bits per heavy atom. The fraction of sp³-hybridized carbons (Fsp3) is 0.208. The first-order valence-electron chi connectivity index (χ1n) is 10.3. The van der Waals surface area contributed by atoms with E-state index in [1.807, 2.05) is 31.3 Å². The number of carbonyl (C=O) groups excluding carboxylic acids is 1. The maximum Gasteiger partial charge on any atom is 0.251 e. The maximum absolute atomic E-state index is 12.2. The molecule has 2 aromatic heterocycles. The summed E-state index contributed by atoms with van der Waals surface area (Å²) in [6.45, 7) is 2.35. The van der Waals surface area contributed by atoms with E-state index in [2.05, 4.69) is 20.6 Å². The van der Waals surface area contributed by atoms with Gasteiger partial charge < -0.3 is 25.7 Å². The molecular weight excluding hydrogens is 420 g/mol. The lowest BCUT2D eigenvalue weighted by molar-refractivity contribution is -0.123. The van der Waals surface area contributed by atoms with E-state index < -0.39 is 6.04 Å². The van der Waals surface area contributed by atoms with Gasteiger partial charge in [-0.1, -0.05) is 24.3 Å². The topological polar surface area (TPSA) is 133 Å². The zero-order chi connectivity index (χ0) is 24.0. The van der Waals surface area contributed by atoms with Gasteiger partial charge in [-0.05, 0) is 31.2 Å². The lowest BCUT2D eigenvalue weighted by Crippen LogP contribution is -2.33. The van der Waals surface area contributed by atoms with Crippen LogP contribution in [0.2, 0.25) is 0 Å². The fourth-order valence-electron chi connectivity index (χ4n) is 3.22. The quantitative estimate of drug-likeness (QED) is 0.310. The lowest BCUT2D eigenvalue weighted by atomic mass is 10.1. The number of aliphatic hydroxyl groups is 1. The van der Waals surface area contributed by atoms with E-state index in [0.29, 0.717) is 16.8 Å². The van der Waals surface area contributed by atoms with Gasteiger partial charge in [-0.25, -0.2) is 4.98 Å². The standard InChI is InChI=1S/C24H26N6O3/c1-15(24(33)27-3)30-14-18(8-9-23(30)32)20-12-28-13-21(29-20)22(31)10-19(25)17-6-4-16(5-7-17)11-26-2/h4-10,12-15,25-26,31H,11H2,1-3H3,(H,27,33)/b22-10-,25-19?. The molecule has 0 saturated carbocycles. The van der Waals surface area contributed by atoms with Crippen LogP contribution in [0.5, 0.6) is 0 Å². The highest BCUT2D eigenvalue weighted by Crippen LogP contribution is 2.19. The monoisotopic (exact) mass is 446 g/mol. The van der Waals surface area contributed by atoms with Gasteiger partial charge in [0, 0.05) is 37.5 Å². The summed E-state index contributed by atoms with van der Waals surface area (Å²) in [7, 11) is 3.37. The second-order valence-electron chi connectivity index (χ2n) is 7.41. The van der Waals surface area contributed by atoms with Crippen LogP contribution in [0.3, 0.4) is 0 Å². The molecule has 33 heavy (non-hydrogen) atoms. The largest absolute Gasteiger partial charge is 0.506 e. The van der Waals surface area contributed by atoms with Crippen molar-refractivity contribution in [2.45, 2.75) is 19.5 Å². The number of benzene rings is 1. The highest BCUT2D eigenvalue weighted by atomic mass is 16.3. The minimum Gasteiger partial charge on any atom is -0.506 e. The first-order valence-corrected chi connectivity index (χ1v) is 10.3. The molecule has 4 N–H and O–H groups in total. The van der Waals surface area contributed by atoms with Crippen LogP contribution in [0.15, 0.2) is 65.9 Å². The SMILES string of the molecule is CNCc1ccc(C(=N)/C=C(\O)c2cncc(-c3ccc(=O)n(C(C)C(=O)NC)c3)n2)cc1. The van der Waals surface area contributed by atoms with Gasteiger partial charge in [0.25, 0.3) is 5.56 Å². The fourth-order valence-corrected chi connectivity index (χ4v) is 3.22. The van der Waals surface area contributed by atoms with Gasteiger partial charge in [-0.3, -0.25) is 14.6 Å². The second kappa shape index (κ2) is 10.5. The van der Waals surface area contributed by atoms with E-state index in [9.17, 15) is 14.7 Å². The summed E-state index contributed by atoms with van der Waals surface area (Å²) in [5.74, 6) is -0.507. The number of rotatable bonds is 8. The van der Waals surface area contributed by atoms with Crippen molar-refractivity contribution < 1.29 is 9.90 Å². The van der Waals surface area contributed by atoms with Crippen LogP contribution in [0.4, 0.5) is 0 Å². The van der Waals surface area contributed by atoms with E-state index in [0.717, 1.165) is 12.1 Å². The van der Waals surface area contributed by atoms with E-state index in [-0.39, 0.29) is 28.6 Å². The normalized spacial score (nSPS) is 12.3. The molecule has 3 rings (SSSR count). The summed E-state index contributed by atoms with van der Waals surface area (Å²) in [5, 5.41) is 24.4. The minimum atomic E-state index is -0.702. The summed E-state index contributed by atoms with van der Waals surface area (Å²) in [6, 6.07) is 9.70. The average molecular weight is 447 g/mol. The molecule has 1 atom stereocenters. The predicted octanol–water partition coefficient (Wildman–Crippen LogP) is 2.30. The molecule has 2 heterocycles. The van der Waals surface area contributed by atoms with Crippen LogP contribution in [0.25, 0.3) is 17.0 Å². The molecule has 1 aromatic carbocycles. The molecule has 0 aliphatic heterocycles. The summed E-state index contributed by atoms with van der Waals surface area (Å²) in [4.78, 5) is 32.7. The lowest BCUT2D eigenvalue weighted by Gasteiger charge is -2.14. The number of nitrogens with one attached hydrogen (secondary N) is 3. The number of carbonyl (C=O) groups is 1. The zero-order valence-corrected chi connectivity index (χ0v) is 18.7. The summed E-state index contributed by atoms with van der Waals surface area (Å²) in [6.07, 6.45) is 5.74. The smallest absolute Gasteiger partial charge is 0.251 e. The molecular formula is C24H26N6O3. The molecule has 0 aliphatic carbocycles. The number of allylic oxidation sites excluding steroid dienone is 1. The third-order valence-corrected chi connectivity index (χ3v) is 5.10. The number of nitrogens with zero attached hydrogens (tertiary/aromatic N) is 3. The molecule has 0 bridgehead atoms. The molecule has 0 radical (unpaired) electrons. The first-order chi connectivity index (χ1) is 15.8. The van der Waals surface area contributed by atoms with Crippen molar-refractivity contribution in [2.24, 2.45) is 0 Å². The van der Waals surface area contributed by atoms with Crippen molar-refractivity contribution in [1.82, 2.24) is 25.2 Å². The van der Waals surface area contributed by atoms with Crippen LogP contribution in [-0.4, -0.2) is 45.4 Å². The zero-order valence-electron chi connectivity index (χ0n) is 18.7. The first kappa shape index (κ1) is 23.6. The van der Waals surface area contributed by atoms with Gasteiger partial charge in [0.1, 0.15) is 17.5 Å². The Hall–Kier alpha value is -4.11. The number of aromatic nitrogens is 3. The molecule has 1 amide bonds. The van der Waals surface area contributed by atoms with Gasteiger partial charge in [0.2, 0.25) is 5.91 Å². The van der Waals surface area contributed by atoms with Gasteiger partial charge in [-0.15, -0.1) is 0 Å². The molecule has 3 aromatic rings. The third kappa shape index (κ3) is 5.58. The van der Waals surface area contributed by atoms with Crippen molar-refractivity contribution in [3.63, 3.8) is 0 Å². The van der Waals surface area contributed by atoms with Gasteiger partial charge in [0.05, 0.1) is 23.8 Å². The molecule has 1 unspecified atom stereocenters. The number of hydrogen-bond donors (Lipinski definition) is 4. The van der Waals surface area contributed by atoms with E-state index in [1.165, 1.54) is 42.3 Å². The van der Waals surface area contributed by atoms with Crippen molar-refractivity contribution in [2.75, 3.05) is 14.1 Å². The maximum atomic E-state index is 12.2. The van der Waals surface area contributed by atoms with Crippen LogP contribution >= 0.6 is 0 Å². The highest BCUT2D eigenvalue weighted by Gasteiger charge is 2.16. The van der Waals surface area contributed by atoms with E-state index in [1.54, 1.807) is 13.0 Å². The van der Waals surface area contributed by atoms with Crippen molar-refractivity contribution in [1.29, 1.82) is 5.41 Å². The number of likely N-dealkylation sites (N-methyl/N-ethyl adjacent to an activating group) is 1. The number of amides is 1. The Morgan fingerprint density at radius 1 is 1.18 bits per heavy atom. The van der Waals surface area contributed by atoms with E-state index in [4.69, 9.17) is 5.41 Å². The molecule has 0 fully saturated rings. The van der Waals surface area contributed by atoms with Crippen molar-refractivity contribution >= 4 is 17.4 Å². The average Bonchev–Trinajstić information content (AvgIpc) is 2.84. The van der Waals surface area contributed by atoms with Gasteiger partial charge in [-0.2, -0.15) is 0 Å². The predicted molar refractivity (Wildman–Crippen MR) is 127 cm³/mol. The second-order valence-corrected chi connectivity index (χ2v) is 7.41. The molecule has 0 aliphatic rings. The van der Waals surface area contributed by atoms with Gasteiger partial charge in [0.15, 0.2) is 0 Å². The molecule has 9 nitrogen and oxygen atoms in total. The van der Waals surface area contributed by atoms with Crippen molar-refractivity contribution in [3.8, 4) is 11.3 Å². The van der Waals surface area contributed by atoms with E-state index >= 15 is 0 Å². The van der Waals surface area contributed by atoms with Crippen LogP contribution in [0.1, 0.15) is 29.8 Å². The summed E-state index contributed by atoms with van der Waals surface area (Å²) < 4.78 is 1.31. The van der Waals surface area contributed by atoms with Crippen LogP contribution in [-0.2, 0) is 11.3 Å². The number of aliphatic hydroxyl groups excluding tert-OH is 1. The number of hydrogen-bond acceptors (Lipinski definition) is 7. The Morgan fingerprint density at radius 2 is 1.91 bits per heavy atom. The number of pyridine rings is 1. The molecule has 9 heteroatoms. The summed E-state index contributed by atoms with van der Waals surface area (Å²) >= 11 is 0. The molecule has 0 spiro atoms. The Bertz CT molecular complexity index is 1250. The Labute approximate surface area is 191 Å². The Kier molecular flexibility index (Phi) is 7.47. The molecule has 170 valence electrons. The minimum absolute atomic E-state index is 0.128. The van der Waals surface area contributed by atoms with Crippen molar-refractivity contribution in [3.05, 3.63) is 88.2 Å². The summed E-state index contributed by atoms with van der Waals surface area (Å²) in [5.41, 5.74) is 2.70. The highest BCUT2D eigenvalue weighted by molar-refractivity contribution is 6.09.